The number of rotatable bonds is 7. The van der Waals surface area contributed by atoms with Gasteiger partial charge in [-0.15, -0.1) is 0 Å². The van der Waals surface area contributed by atoms with Crippen LogP contribution in [0, 0.1) is 0 Å². The molecule has 0 saturated carbocycles. The Hall–Kier alpha value is -7.85. The van der Waals surface area contributed by atoms with E-state index in [-0.39, 0.29) is 40.2 Å². The second-order valence-electron chi connectivity index (χ2n) is 15.1. The van der Waals surface area contributed by atoms with Crippen LogP contribution in [0.25, 0.3) is 95.0 Å². The Bertz CT molecular complexity index is 3100. The van der Waals surface area contributed by atoms with Crippen LogP contribution in [0.4, 0.5) is 26.3 Å². The van der Waals surface area contributed by atoms with E-state index in [2.05, 4.69) is 41.0 Å². The Kier molecular flexibility index (Phi) is 9.71. The number of hydrogen-bond donors (Lipinski definition) is 0. The number of hydrogen-bond acceptors (Lipinski definition) is 3. The normalized spacial score (nSPS) is 12.0. The number of fused-ring (bicyclic) bond motifs is 3. The van der Waals surface area contributed by atoms with E-state index in [0.717, 1.165) is 56.2 Å². The molecule has 0 N–H and O–H groups in total. The Balaban J connectivity index is 1.30. The zero-order chi connectivity index (χ0) is 43.3. The monoisotopic (exact) mass is 838 g/mol. The van der Waals surface area contributed by atoms with Crippen LogP contribution in [-0.4, -0.2) is 19.5 Å². The summed E-state index contributed by atoms with van der Waals surface area (Å²) in [5.74, 6) is 0.599. The van der Waals surface area contributed by atoms with Crippen molar-refractivity contribution in [1.82, 2.24) is 19.5 Å². The van der Waals surface area contributed by atoms with Gasteiger partial charge >= 0.3 is 12.4 Å². The summed E-state index contributed by atoms with van der Waals surface area (Å²) in [5, 5.41) is 1.89. The molecule has 0 spiro atoms. The van der Waals surface area contributed by atoms with Crippen LogP contribution in [0.3, 0.4) is 0 Å². The minimum atomic E-state index is -5.07. The number of halogens is 6. The van der Waals surface area contributed by atoms with Gasteiger partial charge in [0.2, 0.25) is 0 Å². The molecule has 8 aromatic carbocycles. The molecular weight excluding hydrogens is 807 g/mol. The maximum absolute atomic E-state index is 14.4. The van der Waals surface area contributed by atoms with Gasteiger partial charge in [0.15, 0.2) is 17.5 Å². The Morgan fingerprint density at radius 1 is 0.317 bits per heavy atom. The molecular formula is C53H32F6N4. The minimum absolute atomic E-state index is 0.0567. The predicted octanol–water partition coefficient (Wildman–Crippen LogP) is 15.0. The topological polar surface area (TPSA) is 43.6 Å². The smallest absolute Gasteiger partial charge is 0.309 e. The highest BCUT2D eigenvalue weighted by molar-refractivity contribution is 6.11. The molecule has 2 heterocycles. The standard InChI is InChI=1S/C53H32F6N4/c54-52(55,56)40-27-39(28-41(31-40)53(57,58)59)43-26-23-42(32-46(43)51-61-49(35-17-9-3-10-18-35)60-50(62-51)36-19-11-4-12-20-36)63-47-29-37(33-13-5-1-6-14-33)21-24-44(47)45-25-22-38(30-48(45)63)34-15-7-2-8-16-34/h1-32H. The SMILES string of the molecule is FC(F)(F)c1cc(-c2ccc(-n3c4cc(-c5ccccc5)ccc4c4ccc(-c5ccccc5)cc43)cc2-c2nc(-c3ccccc3)nc(-c3ccccc3)n2)cc(C(F)(F)F)c1. The molecule has 0 saturated heterocycles. The molecule has 0 amide bonds. The zero-order valence-corrected chi connectivity index (χ0v) is 33.0. The van der Waals surface area contributed by atoms with Crippen molar-refractivity contribution in [2.75, 3.05) is 0 Å². The first-order valence-electron chi connectivity index (χ1n) is 20.0. The molecule has 0 unspecified atom stereocenters. The van der Waals surface area contributed by atoms with E-state index in [1.165, 1.54) is 0 Å². The Morgan fingerprint density at radius 2 is 0.730 bits per heavy atom. The van der Waals surface area contributed by atoms with E-state index >= 15 is 0 Å². The molecule has 0 aliphatic rings. The minimum Gasteiger partial charge on any atom is -0.309 e. The van der Waals surface area contributed by atoms with Gasteiger partial charge in [0.25, 0.3) is 0 Å². The molecule has 63 heavy (non-hydrogen) atoms. The third-order valence-corrected chi connectivity index (χ3v) is 11.1. The van der Waals surface area contributed by atoms with Gasteiger partial charge in [-0.05, 0) is 75.8 Å². The van der Waals surface area contributed by atoms with Crippen molar-refractivity contribution in [3.8, 4) is 73.2 Å². The third-order valence-electron chi connectivity index (χ3n) is 11.1. The highest BCUT2D eigenvalue weighted by Crippen LogP contribution is 2.43. The maximum Gasteiger partial charge on any atom is 0.416 e. The van der Waals surface area contributed by atoms with Gasteiger partial charge in [-0.3, -0.25) is 0 Å². The molecule has 10 aromatic rings. The van der Waals surface area contributed by atoms with Gasteiger partial charge in [-0.25, -0.2) is 15.0 Å². The van der Waals surface area contributed by atoms with Crippen molar-refractivity contribution in [3.63, 3.8) is 0 Å². The fraction of sp³-hybridized carbons (Fsp3) is 0.0377. The third kappa shape index (κ3) is 7.61. The molecule has 0 bridgehead atoms. The first kappa shape index (κ1) is 39.3. The largest absolute Gasteiger partial charge is 0.416 e. The molecule has 2 aromatic heterocycles. The summed E-state index contributed by atoms with van der Waals surface area (Å²) < 4.78 is 88.5. The first-order valence-corrected chi connectivity index (χ1v) is 20.0. The molecule has 4 nitrogen and oxygen atoms in total. The molecule has 306 valence electrons. The van der Waals surface area contributed by atoms with Crippen LogP contribution < -0.4 is 0 Å². The molecule has 0 fully saturated rings. The second kappa shape index (κ2) is 15.6. The van der Waals surface area contributed by atoms with Gasteiger partial charge in [0.1, 0.15) is 0 Å². The summed E-state index contributed by atoms with van der Waals surface area (Å²) in [7, 11) is 0. The molecule has 0 atom stereocenters. The van der Waals surface area contributed by atoms with Crippen LogP contribution in [0.5, 0.6) is 0 Å². The fourth-order valence-corrected chi connectivity index (χ4v) is 8.06. The lowest BCUT2D eigenvalue weighted by atomic mass is 9.94. The lowest BCUT2D eigenvalue weighted by Gasteiger charge is -2.18. The van der Waals surface area contributed by atoms with Crippen LogP contribution >= 0.6 is 0 Å². The zero-order valence-electron chi connectivity index (χ0n) is 33.0. The average molecular weight is 839 g/mol. The van der Waals surface area contributed by atoms with Crippen molar-refractivity contribution in [2.45, 2.75) is 12.4 Å². The lowest BCUT2D eigenvalue weighted by molar-refractivity contribution is -0.143. The number of aromatic nitrogens is 4. The van der Waals surface area contributed by atoms with E-state index in [0.29, 0.717) is 16.8 Å². The summed E-state index contributed by atoms with van der Waals surface area (Å²) in [6, 6.07) is 57.2. The summed E-state index contributed by atoms with van der Waals surface area (Å²) in [4.78, 5) is 14.6. The van der Waals surface area contributed by atoms with E-state index in [1.807, 2.05) is 121 Å². The average Bonchev–Trinajstić information content (AvgIpc) is 3.64. The summed E-state index contributed by atoms with van der Waals surface area (Å²) in [5.41, 5.74) is 4.51. The quantitative estimate of drug-likeness (QED) is 0.150. The number of alkyl halides is 6. The molecule has 0 radical (unpaired) electrons. The van der Waals surface area contributed by atoms with Crippen molar-refractivity contribution < 1.29 is 26.3 Å². The van der Waals surface area contributed by atoms with Crippen LogP contribution in [-0.2, 0) is 12.4 Å². The number of nitrogens with zero attached hydrogens (tertiary/aromatic N) is 4. The van der Waals surface area contributed by atoms with Crippen molar-refractivity contribution in [3.05, 3.63) is 205 Å². The second-order valence-corrected chi connectivity index (χ2v) is 15.1. The van der Waals surface area contributed by atoms with Gasteiger partial charge in [0.05, 0.1) is 22.2 Å². The summed E-state index contributed by atoms with van der Waals surface area (Å²) in [6.07, 6.45) is -10.1. The van der Waals surface area contributed by atoms with E-state index in [4.69, 9.17) is 15.0 Å². The van der Waals surface area contributed by atoms with E-state index in [1.54, 1.807) is 18.2 Å². The Labute approximate surface area is 357 Å². The highest BCUT2D eigenvalue weighted by Gasteiger charge is 2.37. The van der Waals surface area contributed by atoms with Crippen LogP contribution in [0.15, 0.2) is 194 Å². The molecule has 0 aliphatic heterocycles. The molecule has 10 rings (SSSR count). The number of benzene rings is 8. The maximum atomic E-state index is 14.4. The van der Waals surface area contributed by atoms with E-state index < -0.39 is 23.5 Å². The van der Waals surface area contributed by atoms with E-state index in [9.17, 15) is 26.3 Å². The predicted molar refractivity (Wildman–Crippen MR) is 237 cm³/mol. The van der Waals surface area contributed by atoms with Gasteiger partial charge in [-0.2, -0.15) is 26.3 Å². The van der Waals surface area contributed by atoms with Crippen molar-refractivity contribution in [2.24, 2.45) is 0 Å². The van der Waals surface area contributed by atoms with Crippen molar-refractivity contribution in [1.29, 1.82) is 0 Å². The Morgan fingerprint density at radius 3 is 1.16 bits per heavy atom. The van der Waals surface area contributed by atoms with Gasteiger partial charge in [0, 0.05) is 33.2 Å². The summed E-state index contributed by atoms with van der Waals surface area (Å²) >= 11 is 0. The first-order chi connectivity index (χ1) is 30.5. The van der Waals surface area contributed by atoms with Crippen LogP contribution in [0.1, 0.15) is 11.1 Å². The summed E-state index contributed by atoms with van der Waals surface area (Å²) in [6.45, 7) is 0. The lowest BCUT2D eigenvalue weighted by Crippen LogP contribution is -2.11. The van der Waals surface area contributed by atoms with Gasteiger partial charge < -0.3 is 4.57 Å². The highest BCUT2D eigenvalue weighted by atomic mass is 19.4. The van der Waals surface area contributed by atoms with Gasteiger partial charge in [-0.1, -0.05) is 152 Å². The van der Waals surface area contributed by atoms with Crippen LogP contribution in [0.2, 0.25) is 0 Å². The molecule has 0 aliphatic carbocycles. The fourth-order valence-electron chi connectivity index (χ4n) is 8.06. The van der Waals surface area contributed by atoms with Crippen molar-refractivity contribution >= 4 is 21.8 Å². The molecule has 10 heteroatoms.